The zero-order valence-corrected chi connectivity index (χ0v) is 13.6. The summed E-state index contributed by atoms with van der Waals surface area (Å²) >= 11 is 12.1. The van der Waals surface area contributed by atoms with Crippen molar-refractivity contribution >= 4 is 40.8 Å². The molecule has 0 bridgehead atoms. The van der Waals surface area contributed by atoms with Gasteiger partial charge < -0.3 is 9.84 Å². The minimum Gasteiger partial charge on any atom is -0.497 e. The van der Waals surface area contributed by atoms with Gasteiger partial charge in [-0.15, -0.1) is 0 Å². The van der Waals surface area contributed by atoms with E-state index in [1.165, 1.54) is 6.08 Å². The molecule has 0 aliphatic carbocycles. The number of hydrogen-bond acceptors (Lipinski definition) is 2. The topological polar surface area (TPSA) is 46.5 Å². The first-order valence-electron chi connectivity index (χ1n) is 6.48. The van der Waals surface area contributed by atoms with Crippen LogP contribution in [0.3, 0.4) is 0 Å². The lowest BCUT2D eigenvalue weighted by molar-refractivity contribution is -0.130. The second-order valence-electron chi connectivity index (χ2n) is 4.69. The third kappa shape index (κ3) is 3.43. The minimum atomic E-state index is -1.04. The van der Waals surface area contributed by atoms with Crippen molar-refractivity contribution in [2.75, 3.05) is 7.11 Å². The van der Waals surface area contributed by atoms with Crippen LogP contribution in [0.15, 0.2) is 36.4 Å². The van der Waals surface area contributed by atoms with Crippen molar-refractivity contribution in [3.05, 3.63) is 63.1 Å². The minimum absolute atomic E-state index is 0.143. The molecule has 0 fully saturated rings. The number of carboxylic acid groups (broad SMARTS) is 1. The average molecular weight is 337 g/mol. The van der Waals surface area contributed by atoms with E-state index in [0.29, 0.717) is 26.9 Å². The van der Waals surface area contributed by atoms with Crippen LogP contribution in [-0.4, -0.2) is 18.2 Å². The normalized spacial score (nSPS) is 11.4. The summed E-state index contributed by atoms with van der Waals surface area (Å²) in [6.45, 7) is 1.83. The van der Waals surface area contributed by atoms with Crippen LogP contribution in [0.1, 0.15) is 16.7 Å². The molecule has 0 unspecified atom stereocenters. The molecule has 2 rings (SSSR count). The standard InChI is InChI=1S/C17H14Cl2O3/c1-10-8-12(22-2)6-7-13(10)14(17(20)21)9-11-4-3-5-15(18)16(11)19/h3-9H,1-2H3,(H,20,21)/b14-9-. The molecule has 3 nitrogen and oxygen atoms in total. The summed E-state index contributed by atoms with van der Waals surface area (Å²) < 4.78 is 5.14. The van der Waals surface area contributed by atoms with Gasteiger partial charge in [-0.05, 0) is 47.9 Å². The first kappa shape index (κ1) is 16.4. The van der Waals surface area contributed by atoms with E-state index in [9.17, 15) is 9.90 Å². The molecule has 22 heavy (non-hydrogen) atoms. The van der Waals surface area contributed by atoms with E-state index in [-0.39, 0.29) is 5.57 Å². The highest BCUT2D eigenvalue weighted by molar-refractivity contribution is 6.43. The molecule has 2 aromatic carbocycles. The van der Waals surface area contributed by atoms with Crippen molar-refractivity contribution in [1.29, 1.82) is 0 Å². The summed E-state index contributed by atoms with van der Waals surface area (Å²) in [4.78, 5) is 11.6. The maximum atomic E-state index is 11.6. The first-order chi connectivity index (χ1) is 10.4. The number of methoxy groups -OCH3 is 1. The van der Waals surface area contributed by atoms with Crippen molar-refractivity contribution in [3.8, 4) is 5.75 Å². The van der Waals surface area contributed by atoms with Crippen molar-refractivity contribution in [2.24, 2.45) is 0 Å². The molecule has 0 saturated carbocycles. The quantitative estimate of drug-likeness (QED) is 0.635. The third-order valence-corrected chi connectivity index (χ3v) is 4.07. The summed E-state index contributed by atoms with van der Waals surface area (Å²) in [7, 11) is 1.56. The second kappa shape index (κ2) is 6.86. The van der Waals surface area contributed by atoms with Gasteiger partial charge in [-0.3, -0.25) is 0 Å². The lowest BCUT2D eigenvalue weighted by atomic mass is 9.98. The van der Waals surface area contributed by atoms with Gasteiger partial charge in [-0.2, -0.15) is 0 Å². The van der Waals surface area contributed by atoms with Crippen LogP contribution in [0.2, 0.25) is 10.0 Å². The summed E-state index contributed by atoms with van der Waals surface area (Å²) in [5, 5.41) is 10.2. The van der Waals surface area contributed by atoms with Gasteiger partial charge in [-0.25, -0.2) is 4.79 Å². The molecular weight excluding hydrogens is 323 g/mol. The van der Waals surface area contributed by atoms with E-state index in [4.69, 9.17) is 27.9 Å². The van der Waals surface area contributed by atoms with Gasteiger partial charge in [0.1, 0.15) is 5.75 Å². The predicted molar refractivity (Wildman–Crippen MR) is 89.7 cm³/mol. The number of ether oxygens (including phenoxy) is 1. The Bertz CT molecular complexity index is 752. The Morgan fingerprint density at radius 2 is 1.95 bits per heavy atom. The van der Waals surface area contributed by atoms with Crippen molar-refractivity contribution in [3.63, 3.8) is 0 Å². The van der Waals surface area contributed by atoms with E-state index >= 15 is 0 Å². The number of benzene rings is 2. The largest absolute Gasteiger partial charge is 0.497 e. The van der Waals surface area contributed by atoms with Crippen LogP contribution in [-0.2, 0) is 4.79 Å². The van der Waals surface area contributed by atoms with Crippen molar-refractivity contribution < 1.29 is 14.6 Å². The van der Waals surface area contributed by atoms with Crippen LogP contribution in [0.5, 0.6) is 5.75 Å². The molecule has 114 valence electrons. The van der Waals surface area contributed by atoms with Crippen LogP contribution in [0.4, 0.5) is 0 Å². The van der Waals surface area contributed by atoms with E-state index < -0.39 is 5.97 Å². The molecule has 0 radical (unpaired) electrons. The van der Waals surface area contributed by atoms with Gasteiger partial charge in [0, 0.05) is 0 Å². The lowest BCUT2D eigenvalue weighted by Gasteiger charge is -2.10. The maximum Gasteiger partial charge on any atom is 0.336 e. The maximum absolute atomic E-state index is 11.6. The highest BCUT2D eigenvalue weighted by atomic mass is 35.5. The van der Waals surface area contributed by atoms with E-state index in [1.807, 2.05) is 6.92 Å². The van der Waals surface area contributed by atoms with Gasteiger partial charge in [-0.1, -0.05) is 41.4 Å². The number of aryl methyl sites for hydroxylation is 1. The third-order valence-electron chi connectivity index (χ3n) is 3.24. The molecule has 1 N–H and O–H groups in total. The molecule has 5 heteroatoms. The number of hydrogen-bond donors (Lipinski definition) is 1. The molecule has 0 amide bonds. The van der Waals surface area contributed by atoms with Crippen LogP contribution >= 0.6 is 23.2 Å². The first-order valence-corrected chi connectivity index (χ1v) is 7.23. The van der Waals surface area contributed by atoms with E-state index in [2.05, 4.69) is 0 Å². The van der Waals surface area contributed by atoms with Gasteiger partial charge in [0.2, 0.25) is 0 Å². The Hall–Kier alpha value is -1.97. The average Bonchev–Trinajstić information content (AvgIpc) is 2.49. The number of aliphatic carboxylic acids is 1. The molecule has 0 spiro atoms. The predicted octanol–water partition coefficient (Wildman–Crippen LogP) is 4.94. The number of halogens is 2. The Balaban J connectivity index is 2.58. The highest BCUT2D eigenvalue weighted by Gasteiger charge is 2.15. The Morgan fingerprint density at radius 3 is 2.55 bits per heavy atom. The molecule has 0 saturated heterocycles. The van der Waals surface area contributed by atoms with Gasteiger partial charge in [0.15, 0.2) is 0 Å². The fourth-order valence-corrected chi connectivity index (χ4v) is 2.47. The Morgan fingerprint density at radius 1 is 1.23 bits per heavy atom. The second-order valence-corrected chi connectivity index (χ2v) is 5.47. The van der Waals surface area contributed by atoms with E-state index in [1.54, 1.807) is 43.5 Å². The zero-order valence-electron chi connectivity index (χ0n) is 12.1. The molecule has 0 heterocycles. The summed E-state index contributed by atoms with van der Waals surface area (Å²) in [6, 6.07) is 10.3. The summed E-state index contributed by atoms with van der Waals surface area (Å²) in [6.07, 6.45) is 1.52. The van der Waals surface area contributed by atoms with Gasteiger partial charge >= 0.3 is 5.97 Å². The summed E-state index contributed by atoms with van der Waals surface area (Å²) in [5.41, 5.74) is 2.10. The summed E-state index contributed by atoms with van der Waals surface area (Å²) in [5.74, 6) is -0.365. The van der Waals surface area contributed by atoms with Gasteiger partial charge in [0.05, 0.1) is 22.7 Å². The monoisotopic (exact) mass is 336 g/mol. The molecule has 0 atom stereocenters. The fraction of sp³-hybridized carbons (Fsp3) is 0.118. The molecular formula is C17H14Cl2O3. The van der Waals surface area contributed by atoms with Gasteiger partial charge in [0.25, 0.3) is 0 Å². The van der Waals surface area contributed by atoms with Crippen LogP contribution in [0.25, 0.3) is 11.6 Å². The molecule has 0 aliphatic heterocycles. The van der Waals surface area contributed by atoms with Crippen molar-refractivity contribution in [1.82, 2.24) is 0 Å². The number of carbonyl (C=O) groups is 1. The number of rotatable bonds is 4. The van der Waals surface area contributed by atoms with E-state index in [0.717, 1.165) is 5.56 Å². The Labute approximate surface area is 138 Å². The van der Waals surface area contributed by atoms with Crippen LogP contribution < -0.4 is 4.74 Å². The Kier molecular flexibility index (Phi) is 5.11. The SMILES string of the molecule is COc1ccc(/C(=C/c2cccc(Cl)c2Cl)C(=O)O)c(C)c1. The van der Waals surface area contributed by atoms with Crippen molar-refractivity contribution in [2.45, 2.75) is 6.92 Å². The molecule has 0 aliphatic rings. The zero-order chi connectivity index (χ0) is 16.3. The number of carboxylic acids is 1. The fourth-order valence-electron chi connectivity index (χ4n) is 2.11. The highest BCUT2D eigenvalue weighted by Crippen LogP contribution is 2.30. The molecule has 0 aromatic heterocycles. The van der Waals surface area contributed by atoms with Crippen LogP contribution in [0, 0.1) is 6.92 Å². The smallest absolute Gasteiger partial charge is 0.336 e. The lowest BCUT2D eigenvalue weighted by Crippen LogP contribution is -2.02. The molecule has 2 aromatic rings.